The minimum atomic E-state index is -0.999. The van der Waals surface area contributed by atoms with Crippen molar-refractivity contribution in [1.82, 2.24) is 10.2 Å². The van der Waals surface area contributed by atoms with Crippen molar-refractivity contribution in [3.8, 4) is 0 Å². The molecule has 1 rings (SSSR count). The van der Waals surface area contributed by atoms with Crippen molar-refractivity contribution in [2.75, 3.05) is 26.3 Å². The summed E-state index contributed by atoms with van der Waals surface area (Å²) in [6, 6.07) is 0.303. The number of carbonyl (C=O) groups excluding carboxylic acids is 1. The fourth-order valence-electron chi connectivity index (χ4n) is 1.67. The van der Waals surface area contributed by atoms with E-state index in [9.17, 15) is 9.59 Å². The maximum absolute atomic E-state index is 11.9. The Morgan fingerprint density at radius 3 is 2.61 bits per heavy atom. The molecule has 1 fully saturated rings. The summed E-state index contributed by atoms with van der Waals surface area (Å²) in [5.74, 6) is -0.555. The van der Waals surface area contributed by atoms with E-state index in [4.69, 9.17) is 9.84 Å². The quantitative estimate of drug-likeness (QED) is 0.634. The monoisotopic (exact) mass is 258 g/mol. The number of carbonyl (C=O) groups is 2. The Bertz CT molecular complexity index is 290. The molecule has 2 amide bonds. The molecule has 0 aromatic carbocycles. The van der Waals surface area contributed by atoms with E-state index in [1.165, 1.54) is 0 Å². The van der Waals surface area contributed by atoms with Gasteiger partial charge >= 0.3 is 12.0 Å². The SMILES string of the molecule is CC(C)CN(C(=O)NCCOCC(=O)O)C1CC1. The molecule has 0 atom stereocenters. The lowest BCUT2D eigenvalue weighted by Crippen LogP contribution is -2.44. The molecule has 0 aromatic rings. The smallest absolute Gasteiger partial charge is 0.329 e. The minimum Gasteiger partial charge on any atom is -0.480 e. The van der Waals surface area contributed by atoms with Gasteiger partial charge in [0.15, 0.2) is 0 Å². The second-order valence-corrected chi connectivity index (χ2v) is 4.96. The van der Waals surface area contributed by atoms with Gasteiger partial charge in [-0.1, -0.05) is 13.8 Å². The third-order valence-electron chi connectivity index (χ3n) is 2.56. The summed E-state index contributed by atoms with van der Waals surface area (Å²) in [5, 5.41) is 11.1. The van der Waals surface area contributed by atoms with Gasteiger partial charge in [-0.2, -0.15) is 0 Å². The predicted octanol–water partition coefficient (Wildman–Crippen LogP) is 0.918. The van der Waals surface area contributed by atoms with Crippen molar-refractivity contribution < 1.29 is 19.4 Å². The van der Waals surface area contributed by atoms with Crippen molar-refractivity contribution in [2.45, 2.75) is 32.7 Å². The summed E-state index contributed by atoms with van der Waals surface area (Å²) < 4.78 is 4.85. The number of aliphatic carboxylic acids is 1. The second kappa shape index (κ2) is 7.20. The van der Waals surface area contributed by atoms with Gasteiger partial charge in [0.25, 0.3) is 0 Å². The number of hydrogen-bond acceptors (Lipinski definition) is 3. The third kappa shape index (κ3) is 5.86. The first kappa shape index (κ1) is 14.8. The fraction of sp³-hybridized carbons (Fsp3) is 0.833. The average Bonchev–Trinajstić information content (AvgIpc) is 3.08. The van der Waals surface area contributed by atoms with Crippen LogP contribution in [0.4, 0.5) is 4.79 Å². The van der Waals surface area contributed by atoms with Crippen molar-refractivity contribution in [3.63, 3.8) is 0 Å². The first-order valence-electron chi connectivity index (χ1n) is 6.34. The number of carboxylic acids is 1. The highest BCUT2D eigenvalue weighted by Crippen LogP contribution is 2.27. The van der Waals surface area contributed by atoms with Gasteiger partial charge in [-0.05, 0) is 18.8 Å². The number of nitrogens with zero attached hydrogens (tertiary/aromatic N) is 1. The zero-order valence-corrected chi connectivity index (χ0v) is 11.0. The highest BCUT2D eigenvalue weighted by Gasteiger charge is 2.32. The fourth-order valence-corrected chi connectivity index (χ4v) is 1.67. The Hall–Kier alpha value is -1.30. The molecule has 1 aliphatic rings. The molecule has 104 valence electrons. The van der Waals surface area contributed by atoms with Gasteiger partial charge in [0, 0.05) is 19.1 Å². The third-order valence-corrected chi connectivity index (χ3v) is 2.56. The van der Waals surface area contributed by atoms with Crippen molar-refractivity contribution in [3.05, 3.63) is 0 Å². The van der Waals surface area contributed by atoms with Crippen LogP contribution in [0, 0.1) is 5.92 Å². The molecule has 2 N–H and O–H groups in total. The van der Waals surface area contributed by atoms with E-state index in [0.717, 1.165) is 19.4 Å². The predicted molar refractivity (Wildman–Crippen MR) is 66.4 cm³/mol. The Morgan fingerprint density at radius 2 is 2.11 bits per heavy atom. The van der Waals surface area contributed by atoms with Gasteiger partial charge < -0.3 is 20.1 Å². The highest BCUT2D eigenvalue weighted by molar-refractivity contribution is 5.74. The molecule has 0 spiro atoms. The first-order chi connectivity index (χ1) is 8.50. The number of hydrogen-bond donors (Lipinski definition) is 2. The van der Waals surface area contributed by atoms with E-state index in [2.05, 4.69) is 19.2 Å². The molecule has 6 heteroatoms. The summed E-state index contributed by atoms with van der Waals surface area (Å²) >= 11 is 0. The van der Waals surface area contributed by atoms with Gasteiger partial charge in [-0.3, -0.25) is 0 Å². The molecule has 0 radical (unpaired) electrons. The molecule has 1 saturated carbocycles. The molecule has 0 aromatic heterocycles. The molecular formula is C12H22N2O4. The Kier molecular flexibility index (Phi) is 5.91. The zero-order valence-electron chi connectivity index (χ0n) is 11.0. The largest absolute Gasteiger partial charge is 0.480 e. The van der Waals surface area contributed by atoms with E-state index in [-0.39, 0.29) is 19.2 Å². The van der Waals surface area contributed by atoms with Crippen LogP contribution in [0.5, 0.6) is 0 Å². The summed E-state index contributed by atoms with van der Waals surface area (Å²) in [7, 11) is 0. The van der Waals surface area contributed by atoms with Gasteiger partial charge in [0.1, 0.15) is 6.61 Å². The zero-order chi connectivity index (χ0) is 13.5. The molecule has 0 aliphatic heterocycles. The Morgan fingerprint density at radius 1 is 1.44 bits per heavy atom. The molecule has 0 saturated heterocycles. The van der Waals surface area contributed by atoms with Crippen LogP contribution in [-0.2, 0) is 9.53 Å². The summed E-state index contributed by atoms with van der Waals surface area (Å²) in [6.45, 7) is 5.16. The molecule has 1 aliphatic carbocycles. The maximum atomic E-state index is 11.9. The van der Waals surface area contributed by atoms with Crippen molar-refractivity contribution in [1.29, 1.82) is 0 Å². The molecule has 0 heterocycles. The highest BCUT2D eigenvalue weighted by atomic mass is 16.5. The van der Waals surface area contributed by atoms with Crippen LogP contribution in [-0.4, -0.2) is 54.4 Å². The van der Waals surface area contributed by atoms with E-state index in [1.54, 1.807) is 0 Å². The molecular weight excluding hydrogens is 236 g/mol. The maximum Gasteiger partial charge on any atom is 0.329 e. The van der Waals surface area contributed by atoms with Crippen molar-refractivity contribution >= 4 is 12.0 Å². The summed E-state index contributed by atoms with van der Waals surface area (Å²) in [5.41, 5.74) is 0. The van der Waals surface area contributed by atoms with Crippen LogP contribution in [0.2, 0.25) is 0 Å². The van der Waals surface area contributed by atoms with Crippen LogP contribution in [0.3, 0.4) is 0 Å². The van der Waals surface area contributed by atoms with Gasteiger partial charge in [-0.15, -0.1) is 0 Å². The number of carboxylic acid groups (broad SMARTS) is 1. The summed E-state index contributed by atoms with van der Waals surface area (Å²) in [4.78, 5) is 24.0. The van der Waals surface area contributed by atoms with E-state index in [1.807, 2.05) is 4.90 Å². The lowest BCUT2D eigenvalue weighted by Gasteiger charge is -2.24. The molecule has 0 unspecified atom stereocenters. The Labute approximate surface area is 107 Å². The van der Waals surface area contributed by atoms with E-state index in [0.29, 0.717) is 18.5 Å². The molecule has 0 bridgehead atoms. The van der Waals surface area contributed by atoms with Crippen LogP contribution < -0.4 is 5.32 Å². The average molecular weight is 258 g/mol. The lowest BCUT2D eigenvalue weighted by atomic mass is 10.2. The normalized spacial score (nSPS) is 14.6. The number of rotatable bonds is 8. The van der Waals surface area contributed by atoms with Crippen LogP contribution in [0.1, 0.15) is 26.7 Å². The first-order valence-corrected chi connectivity index (χ1v) is 6.34. The minimum absolute atomic E-state index is 0.0786. The Balaban J connectivity index is 2.18. The van der Waals surface area contributed by atoms with Gasteiger partial charge in [-0.25, -0.2) is 9.59 Å². The van der Waals surface area contributed by atoms with Crippen LogP contribution >= 0.6 is 0 Å². The number of ether oxygens (including phenoxy) is 1. The second-order valence-electron chi connectivity index (χ2n) is 4.96. The number of nitrogens with one attached hydrogen (secondary N) is 1. The van der Waals surface area contributed by atoms with Gasteiger partial charge in [0.2, 0.25) is 0 Å². The van der Waals surface area contributed by atoms with Crippen LogP contribution in [0.15, 0.2) is 0 Å². The topological polar surface area (TPSA) is 78.9 Å². The molecule has 18 heavy (non-hydrogen) atoms. The standard InChI is InChI=1S/C12H22N2O4/c1-9(2)7-14(10-3-4-10)12(17)13-5-6-18-8-11(15)16/h9-10H,3-8H2,1-2H3,(H,13,17)(H,15,16). The molecule has 6 nitrogen and oxygen atoms in total. The lowest BCUT2D eigenvalue weighted by molar-refractivity contribution is -0.142. The van der Waals surface area contributed by atoms with Crippen LogP contribution in [0.25, 0.3) is 0 Å². The van der Waals surface area contributed by atoms with Crippen molar-refractivity contribution in [2.24, 2.45) is 5.92 Å². The summed E-state index contributed by atoms with van der Waals surface area (Å²) in [6.07, 6.45) is 2.16. The number of urea groups is 1. The van der Waals surface area contributed by atoms with Gasteiger partial charge in [0.05, 0.1) is 6.61 Å². The number of amides is 2. The van der Waals surface area contributed by atoms with E-state index >= 15 is 0 Å². The van der Waals surface area contributed by atoms with E-state index < -0.39 is 5.97 Å².